The van der Waals surface area contributed by atoms with E-state index in [4.69, 9.17) is 11.6 Å². The zero-order valence-electron chi connectivity index (χ0n) is 26.0. The molecular formula is C40H43ClTi. The summed E-state index contributed by atoms with van der Waals surface area (Å²) >= 11 is 8.04. The van der Waals surface area contributed by atoms with E-state index in [1.807, 2.05) is 0 Å². The second kappa shape index (κ2) is 12.3. The van der Waals surface area contributed by atoms with Gasteiger partial charge in [-0.15, -0.1) is 11.6 Å². The van der Waals surface area contributed by atoms with Gasteiger partial charge in [0.1, 0.15) is 0 Å². The van der Waals surface area contributed by atoms with Crippen LogP contribution in [0, 0.1) is 33.1 Å². The van der Waals surface area contributed by atoms with Crippen LogP contribution in [0.5, 0.6) is 0 Å². The maximum atomic E-state index is 8.04. The van der Waals surface area contributed by atoms with Crippen molar-refractivity contribution in [1.82, 2.24) is 0 Å². The van der Waals surface area contributed by atoms with Gasteiger partial charge in [-0.3, -0.25) is 0 Å². The standard InChI is InChI=1S/C40H43Cl.Ti/c1-7-8-9-10-11-20-40(6,38-35-23-27(4)14-18-31(35)32-19-15-28(5)24-36(32)38)39(41)37-33-21-25(2)12-16-29(33)30-17-13-26(3)22-34(30)37;/h11-24,37-39H,7-10H2,1-6H3;. The molecule has 2 unspecified atom stereocenters. The number of unbranched alkanes of at least 4 members (excludes halogenated alkanes) is 3. The van der Waals surface area contributed by atoms with Gasteiger partial charge >= 0.3 is 0 Å². The molecule has 6 rings (SSSR count). The Kier molecular flexibility index (Phi) is 9.11. The van der Waals surface area contributed by atoms with E-state index in [1.165, 1.54) is 86.0 Å². The van der Waals surface area contributed by atoms with E-state index >= 15 is 0 Å². The molecule has 4 aromatic carbocycles. The van der Waals surface area contributed by atoms with Crippen LogP contribution in [0.4, 0.5) is 0 Å². The molecule has 0 bridgehead atoms. The van der Waals surface area contributed by atoms with Crippen molar-refractivity contribution in [3.63, 3.8) is 0 Å². The Hall–Kier alpha value is -2.38. The van der Waals surface area contributed by atoms with E-state index in [9.17, 15) is 0 Å². The normalized spacial score (nSPS) is 16.0. The van der Waals surface area contributed by atoms with Crippen molar-refractivity contribution in [2.24, 2.45) is 5.41 Å². The zero-order valence-corrected chi connectivity index (χ0v) is 28.3. The molecule has 0 saturated heterocycles. The molecule has 2 atom stereocenters. The number of benzene rings is 4. The summed E-state index contributed by atoms with van der Waals surface area (Å²) in [7, 11) is 0. The Morgan fingerprint density at radius 3 is 1.50 bits per heavy atom. The Labute approximate surface area is 273 Å². The molecule has 0 radical (unpaired) electrons. The summed E-state index contributed by atoms with van der Waals surface area (Å²) in [6, 6.07) is 27.9. The number of hydrogen-bond acceptors (Lipinski definition) is 0. The number of alkyl halides is 1. The van der Waals surface area contributed by atoms with Crippen LogP contribution in [-0.4, -0.2) is 5.38 Å². The molecule has 2 aliphatic rings. The van der Waals surface area contributed by atoms with Crippen LogP contribution in [-0.2, 0) is 21.7 Å². The van der Waals surface area contributed by atoms with Gasteiger partial charge in [0.15, 0.2) is 0 Å². The molecule has 0 saturated carbocycles. The summed E-state index contributed by atoms with van der Waals surface area (Å²) in [4.78, 5) is 0. The van der Waals surface area contributed by atoms with Gasteiger partial charge in [0.05, 0.1) is 5.38 Å². The molecule has 0 aromatic heterocycles. The molecule has 42 heavy (non-hydrogen) atoms. The third kappa shape index (κ3) is 5.30. The minimum Gasteiger partial charge on any atom is -0.121 e. The predicted octanol–water partition coefficient (Wildman–Crippen LogP) is 11.6. The summed E-state index contributed by atoms with van der Waals surface area (Å²) in [5.74, 6) is 0.299. The second-order valence-electron chi connectivity index (χ2n) is 12.9. The fourth-order valence-electron chi connectivity index (χ4n) is 7.58. The molecular weight excluding hydrogens is 564 g/mol. The summed E-state index contributed by atoms with van der Waals surface area (Å²) in [6.45, 7) is 13.6. The van der Waals surface area contributed by atoms with Crippen LogP contribution < -0.4 is 0 Å². The monoisotopic (exact) mass is 606 g/mol. The van der Waals surface area contributed by atoms with Crippen molar-refractivity contribution in [3.8, 4) is 22.3 Å². The summed E-state index contributed by atoms with van der Waals surface area (Å²) < 4.78 is 0. The maximum absolute atomic E-state index is 8.04. The number of allylic oxidation sites excluding steroid dienone is 2. The van der Waals surface area contributed by atoms with Crippen molar-refractivity contribution < 1.29 is 21.7 Å². The van der Waals surface area contributed by atoms with Crippen LogP contribution in [0.1, 0.15) is 95.9 Å². The van der Waals surface area contributed by atoms with Gasteiger partial charge in [-0.2, -0.15) is 0 Å². The molecule has 214 valence electrons. The molecule has 4 aromatic rings. The number of hydrogen-bond donors (Lipinski definition) is 0. The second-order valence-corrected chi connectivity index (χ2v) is 13.4. The minimum absolute atomic E-state index is 0. The summed E-state index contributed by atoms with van der Waals surface area (Å²) in [5.41, 5.74) is 15.9. The fraction of sp³-hybridized carbons (Fsp3) is 0.350. The molecule has 0 N–H and O–H groups in total. The number of halogens is 1. The molecule has 0 fully saturated rings. The van der Waals surface area contributed by atoms with Crippen molar-refractivity contribution in [2.75, 3.05) is 0 Å². The average molecular weight is 607 g/mol. The maximum Gasteiger partial charge on any atom is 0.0542 e. The Bertz CT molecular complexity index is 1540. The van der Waals surface area contributed by atoms with Gasteiger partial charge in [-0.05, 0) is 85.0 Å². The molecule has 0 amide bonds. The first-order valence-corrected chi connectivity index (χ1v) is 15.9. The van der Waals surface area contributed by atoms with E-state index in [0.29, 0.717) is 0 Å². The van der Waals surface area contributed by atoms with Crippen LogP contribution in [0.15, 0.2) is 84.9 Å². The number of rotatable bonds is 8. The minimum atomic E-state index is -0.313. The zero-order chi connectivity index (χ0) is 28.9. The van der Waals surface area contributed by atoms with Gasteiger partial charge in [-0.25, -0.2) is 0 Å². The van der Waals surface area contributed by atoms with E-state index in [0.717, 1.165) is 6.42 Å². The van der Waals surface area contributed by atoms with Crippen molar-refractivity contribution in [1.29, 1.82) is 0 Å². The smallest absolute Gasteiger partial charge is 0.0542 e. The Morgan fingerprint density at radius 2 is 1.07 bits per heavy atom. The average Bonchev–Trinajstić information content (AvgIpc) is 3.43. The van der Waals surface area contributed by atoms with E-state index in [1.54, 1.807) is 0 Å². The summed E-state index contributed by atoms with van der Waals surface area (Å²) in [6.07, 6.45) is 9.77. The topological polar surface area (TPSA) is 0 Å². The first kappa shape index (κ1) is 31.1. The molecule has 2 heteroatoms. The van der Waals surface area contributed by atoms with Crippen LogP contribution in [0.2, 0.25) is 0 Å². The Morgan fingerprint density at radius 1 is 0.667 bits per heavy atom. The van der Waals surface area contributed by atoms with Crippen LogP contribution in [0.25, 0.3) is 22.3 Å². The van der Waals surface area contributed by atoms with Crippen LogP contribution >= 0.6 is 11.6 Å². The van der Waals surface area contributed by atoms with Gasteiger partial charge in [-0.1, -0.05) is 134 Å². The molecule has 0 heterocycles. The van der Waals surface area contributed by atoms with Crippen LogP contribution in [0.3, 0.4) is 0 Å². The number of fused-ring (bicyclic) bond motifs is 6. The van der Waals surface area contributed by atoms with Crippen molar-refractivity contribution in [2.45, 2.75) is 84.4 Å². The molecule has 0 nitrogen and oxygen atoms in total. The van der Waals surface area contributed by atoms with Gasteiger partial charge in [0.25, 0.3) is 0 Å². The third-order valence-corrected chi connectivity index (χ3v) is 10.4. The first-order chi connectivity index (χ1) is 19.7. The molecule has 0 aliphatic heterocycles. The third-order valence-electron chi connectivity index (χ3n) is 9.66. The quantitative estimate of drug-likeness (QED) is 0.0810. The summed E-state index contributed by atoms with van der Waals surface area (Å²) in [5, 5.41) is -0.140. The molecule has 2 aliphatic carbocycles. The molecule has 0 spiro atoms. The number of aryl methyl sites for hydroxylation is 4. The van der Waals surface area contributed by atoms with E-state index < -0.39 is 0 Å². The van der Waals surface area contributed by atoms with E-state index in [-0.39, 0.29) is 44.3 Å². The fourth-order valence-corrected chi connectivity index (χ4v) is 8.05. The van der Waals surface area contributed by atoms with Gasteiger partial charge in [0, 0.05) is 39.0 Å². The van der Waals surface area contributed by atoms with Gasteiger partial charge < -0.3 is 0 Å². The van der Waals surface area contributed by atoms with Crippen molar-refractivity contribution >= 4 is 11.6 Å². The first-order valence-electron chi connectivity index (χ1n) is 15.5. The largest absolute Gasteiger partial charge is 0.121 e. The van der Waals surface area contributed by atoms with E-state index in [2.05, 4.69) is 126 Å². The SMILES string of the molecule is CCCCCC=CC(C)(C1c2cc(C)ccc2-c2ccc(C)cc21)C(Cl)C1c2cc(C)ccc2-c2ccc(C)cc21.[Ti]. The Balaban J connectivity index is 0.00000353. The predicted molar refractivity (Wildman–Crippen MR) is 177 cm³/mol. The van der Waals surface area contributed by atoms with Gasteiger partial charge in [0.2, 0.25) is 0 Å². The van der Waals surface area contributed by atoms with Crippen molar-refractivity contribution in [3.05, 3.63) is 129 Å².